The summed E-state index contributed by atoms with van der Waals surface area (Å²) in [6, 6.07) is 1.35. The number of hydrogen-bond donors (Lipinski definition) is 2. The molecule has 0 bridgehead atoms. The van der Waals surface area contributed by atoms with Gasteiger partial charge in [-0.1, -0.05) is 0 Å². The van der Waals surface area contributed by atoms with Crippen LogP contribution in [0.5, 0.6) is 5.75 Å². The number of rotatable bonds is 4. The number of amides is 1. The van der Waals surface area contributed by atoms with Crippen molar-refractivity contribution in [2.75, 3.05) is 18.1 Å². The average Bonchev–Trinajstić information content (AvgIpc) is 3.44. The van der Waals surface area contributed by atoms with E-state index in [1.54, 1.807) is 17.2 Å². The molecule has 0 aliphatic carbocycles. The van der Waals surface area contributed by atoms with Crippen LogP contribution in [-0.2, 0) is 11.3 Å². The summed E-state index contributed by atoms with van der Waals surface area (Å²) in [4.78, 5) is 27.3. The zero-order valence-corrected chi connectivity index (χ0v) is 17.3. The molecular weight excluding hydrogens is 400 g/mol. The first-order chi connectivity index (χ1) is 14.9. The SMILES string of the molecule is CC(C)n1ncnc1-c1cn2c(n1)-c1cnc(N3C[C@H](O)C[C@H]3C(N)=O)cc1OCC2. The molecule has 2 atom stereocenters. The van der Waals surface area contributed by atoms with Crippen molar-refractivity contribution in [3.63, 3.8) is 0 Å². The number of carbonyl (C=O) groups is 1. The normalized spacial score (nSPS) is 20.3. The third-order valence-corrected chi connectivity index (χ3v) is 5.65. The van der Waals surface area contributed by atoms with Crippen LogP contribution in [0.15, 0.2) is 24.8 Å². The Bertz CT molecular complexity index is 1140. The molecule has 31 heavy (non-hydrogen) atoms. The van der Waals surface area contributed by atoms with Gasteiger partial charge in [-0.05, 0) is 13.8 Å². The van der Waals surface area contributed by atoms with Crippen molar-refractivity contribution in [3.05, 3.63) is 24.8 Å². The summed E-state index contributed by atoms with van der Waals surface area (Å²) in [5.74, 6) is 2.11. The number of aromatic nitrogens is 6. The quantitative estimate of drug-likeness (QED) is 0.621. The lowest BCUT2D eigenvalue weighted by atomic mass is 10.2. The lowest BCUT2D eigenvalue weighted by Crippen LogP contribution is -2.40. The van der Waals surface area contributed by atoms with Crippen molar-refractivity contribution in [3.8, 4) is 28.7 Å². The van der Waals surface area contributed by atoms with Crippen molar-refractivity contribution < 1.29 is 14.6 Å². The Morgan fingerprint density at radius 1 is 1.32 bits per heavy atom. The largest absolute Gasteiger partial charge is 0.491 e. The van der Waals surface area contributed by atoms with Gasteiger partial charge in [-0.3, -0.25) is 4.79 Å². The van der Waals surface area contributed by atoms with Gasteiger partial charge in [0.1, 0.15) is 42.1 Å². The fraction of sp³-hybridized carbons (Fsp3) is 0.450. The summed E-state index contributed by atoms with van der Waals surface area (Å²) in [5.41, 5.74) is 7.00. The van der Waals surface area contributed by atoms with Gasteiger partial charge in [-0.25, -0.2) is 19.6 Å². The molecule has 3 aromatic heterocycles. The van der Waals surface area contributed by atoms with Gasteiger partial charge in [0.2, 0.25) is 5.91 Å². The molecule has 0 unspecified atom stereocenters. The Balaban J connectivity index is 1.53. The molecule has 1 saturated heterocycles. The van der Waals surface area contributed by atoms with Crippen LogP contribution in [0.25, 0.3) is 22.9 Å². The molecule has 2 aliphatic heterocycles. The van der Waals surface area contributed by atoms with Crippen LogP contribution < -0.4 is 15.4 Å². The van der Waals surface area contributed by atoms with E-state index in [1.165, 1.54) is 6.33 Å². The zero-order valence-electron chi connectivity index (χ0n) is 17.3. The third kappa shape index (κ3) is 3.30. The van der Waals surface area contributed by atoms with E-state index in [0.29, 0.717) is 43.5 Å². The summed E-state index contributed by atoms with van der Waals surface area (Å²) in [5, 5.41) is 14.3. The minimum atomic E-state index is -0.626. The third-order valence-electron chi connectivity index (χ3n) is 5.65. The lowest BCUT2D eigenvalue weighted by Gasteiger charge is -2.23. The molecule has 162 valence electrons. The second kappa shape index (κ2) is 7.34. The van der Waals surface area contributed by atoms with E-state index in [9.17, 15) is 9.90 Å². The summed E-state index contributed by atoms with van der Waals surface area (Å²) in [6.45, 7) is 5.46. The molecule has 11 heteroatoms. The standard InChI is InChI=1S/C20H24N8O3/c1-11(2)28-20(23-10-24-28)14-9-26-3-4-31-16-6-17(22-7-13(16)19(26)25-14)27-8-12(29)5-15(27)18(21)30/h6-7,9-12,15,29H,3-5,8H2,1-2H3,(H2,21,30)/t12-,15+/m1/s1. The maximum Gasteiger partial charge on any atom is 0.240 e. The summed E-state index contributed by atoms with van der Waals surface area (Å²) >= 11 is 0. The Kier molecular flexibility index (Phi) is 4.62. The Labute approximate surface area is 178 Å². The molecule has 2 aliphatic rings. The second-order valence-electron chi connectivity index (χ2n) is 8.11. The number of β-amino-alcohol motifs (C(OH)–C–C–N with tert-alkyl or cyclic N) is 1. The number of aliphatic hydroxyl groups is 1. The first kappa shape index (κ1) is 19.5. The monoisotopic (exact) mass is 424 g/mol. The van der Waals surface area contributed by atoms with Crippen LogP contribution >= 0.6 is 0 Å². The van der Waals surface area contributed by atoms with Gasteiger partial charge in [0.25, 0.3) is 0 Å². The van der Waals surface area contributed by atoms with Crippen molar-refractivity contribution >= 4 is 11.7 Å². The number of imidazole rings is 1. The first-order valence-electron chi connectivity index (χ1n) is 10.3. The van der Waals surface area contributed by atoms with Crippen LogP contribution in [0.2, 0.25) is 0 Å². The van der Waals surface area contributed by atoms with Crippen molar-refractivity contribution in [2.45, 2.75) is 45.0 Å². The summed E-state index contributed by atoms with van der Waals surface area (Å²) < 4.78 is 9.82. The van der Waals surface area contributed by atoms with E-state index in [-0.39, 0.29) is 6.04 Å². The molecule has 1 amide bonds. The van der Waals surface area contributed by atoms with Crippen molar-refractivity contribution in [2.24, 2.45) is 5.73 Å². The molecule has 3 N–H and O–H groups in total. The Hall–Kier alpha value is -3.47. The highest BCUT2D eigenvalue weighted by Crippen LogP contribution is 2.36. The Morgan fingerprint density at radius 2 is 2.16 bits per heavy atom. The smallest absolute Gasteiger partial charge is 0.240 e. The number of hydrogen-bond acceptors (Lipinski definition) is 8. The van der Waals surface area contributed by atoms with Crippen molar-refractivity contribution in [1.29, 1.82) is 0 Å². The number of anilines is 1. The highest BCUT2D eigenvalue weighted by molar-refractivity contribution is 5.84. The van der Waals surface area contributed by atoms with Gasteiger partial charge in [0.15, 0.2) is 5.82 Å². The van der Waals surface area contributed by atoms with Crippen LogP contribution in [0, 0.1) is 0 Å². The second-order valence-corrected chi connectivity index (χ2v) is 8.11. The first-order valence-corrected chi connectivity index (χ1v) is 10.3. The highest BCUT2D eigenvalue weighted by Gasteiger charge is 2.36. The van der Waals surface area contributed by atoms with E-state index in [0.717, 1.165) is 17.1 Å². The fourth-order valence-corrected chi connectivity index (χ4v) is 4.18. The number of aliphatic hydroxyl groups excluding tert-OH is 1. The average molecular weight is 424 g/mol. The molecule has 0 aromatic carbocycles. The topological polar surface area (TPSA) is 137 Å². The number of pyridine rings is 1. The lowest BCUT2D eigenvalue weighted by molar-refractivity contribution is -0.119. The molecule has 5 heterocycles. The van der Waals surface area contributed by atoms with E-state index in [4.69, 9.17) is 15.5 Å². The van der Waals surface area contributed by atoms with Gasteiger partial charge in [0, 0.05) is 37.5 Å². The van der Waals surface area contributed by atoms with Crippen LogP contribution in [-0.4, -0.2) is 65.6 Å². The summed E-state index contributed by atoms with van der Waals surface area (Å²) in [6.07, 6.45) is 4.83. The molecule has 1 fully saturated rings. The van der Waals surface area contributed by atoms with Gasteiger partial charge >= 0.3 is 0 Å². The minimum absolute atomic E-state index is 0.160. The predicted octanol–water partition coefficient (Wildman–Crippen LogP) is 0.602. The molecule has 0 spiro atoms. The number of fused-ring (bicyclic) bond motifs is 3. The maximum atomic E-state index is 11.8. The molecule has 3 aromatic rings. The van der Waals surface area contributed by atoms with Gasteiger partial charge < -0.3 is 25.0 Å². The number of carbonyl (C=O) groups excluding carboxylic acids is 1. The molecular formula is C20H24N8O3. The molecule has 11 nitrogen and oxygen atoms in total. The predicted molar refractivity (Wildman–Crippen MR) is 111 cm³/mol. The summed E-state index contributed by atoms with van der Waals surface area (Å²) in [7, 11) is 0. The van der Waals surface area contributed by atoms with Crippen LogP contribution in [0.3, 0.4) is 0 Å². The van der Waals surface area contributed by atoms with E-state index >= 15 is 0 Å². The molecule has 0 radical (unpaired) electrons. The Morgan fingerprint density at radius 3 is 2.94 bits per heavy atom. The number of primary amides is 1. The van der Waals surface area contributed by atoms with Gasteiger partial charge in [-0.15, -0.1) is 0 Å². The molecule has 5 rings (SSSR count). The zero-order chi connectivity index (χ0) is 21.7. The van der Waals surface area contributed by atoms with Crippen LogP contribution in [0.4, 0.5) is 5.82 Å². The van der Waals surface area contributed by atoms with Gasteiger partial charge in [-0.2, -0.15) is 5.10 Å². The minimum Gasteiger partial charge on any atom is -0.491 e. The fourth-order valence-electron chi connectivity index (χ4n) is 4.18. The number of nitrogens with two attached hydrogens (primary N) is 1. The maximum absolute atomic E-state index is 11.8. The van der Waals surface area contributed by atoms with Crippen LogP contribution in [0.1, 0.15) is 26.3 Å². The van der Waals surface area contributed by atoms with Crippen molar-refractivity contribution in [1.82, 2.24) is 29.3 Å². The molecule has 0 saturated carbocycles. The number of nitrogens with zero attached hydrogens (tertiary/aromatic N) is 7. The van der Waals surface area contributed by atoms with Gasteiger partial charge in [0.05, 0.1) is 18.2 Å². The van der Waals surface area contributed by atoms with E-state index in [1.807, 2.05) is 29.3 Å². The van der Waals surface area contributed by atoms with E-state index in [2.05, 4.69) is 15.1 Å². The van der Waals surface area contributed by atoms with E-state index < -0.39 is 18.1 Å². The number of ether oxygens (including phenoxy) is 1. The highest BCUT2D eigenvalue weighted by atomic mass is 16.5.